The third kappa shape index (κ3) is 4.36. The lowest BCUT2D eigenvalue weighted by Gasteiger charge is -2.35. The quantitative estimate of drug-likeness (QED) is 0.609. The van der Waals surface area contributed by atoms with Crippen LogP contribution < -0.4 is 10.2 Å². The summed E-state index contributed by atoms with van der Waals surface area (Å²) in [5.41, 5.74) is 1.18. The highest BCUT2D eigenvalue weighted by Gasteiger charge is 2.18. The van der Waals surface area contributed by atoms with Gasteiger partial charge in [-0.1, -0.05) is 35.1 Å². The second-order valence-electron chi connectivity index (χ2n) is 5.57. The van der Waals surface area contributed by atoms with E-state index in [-0.39, 0.29) is 0 Å². The molecule has 1 aliphatic rings. The first kappa shape index (κ1) is 17.4. The summed E-state index contributed by atoms with van der Waals surface area (Å²) in [5, 5.41) is 9.34. The molecular weight excluding hydrogens is 362 g/mol. The number of nitrogens with zero attached hydrogens (tertiary/aromatic N) is 4. The van der Waals surface area contributed by atoms with Crippen molar-refractivity contribution in [1.29, 1.82) is 0 Å². The van der Waals surface area contributed by atoms with Gasteiger partial charge in [0.2, 0.25) is 5.13 Å². The molecular formula is C16H20ClN5S2. The Morgan fingerprint density at radius 1 is 1.33 bits per heavy atom. The zero-order valence-corrected chi connectivity index (χ0v) is 15.7. The predicted octanol–water partition coefficient (Wildman–Crippen LogP) is 3.71. The van der Waals surface area contributed by atoms with Gasteiger partial charge >= 0.3 is 0 Å². The molecule has 0 saturated carbocycles. The number of benzene rings is 1. The maximum atomic E-state index is 6.08. The summed E-state index contributed by atoms with van der Waals surface area (Å²) < 4.78 is 2.68. The van der Waals surface area contributed by atoms with Crippen LogP contribution in [0.3, 0.4) is 0 Å². The maximum absolute atomic E-state index is 6.08. The number of hydrogen-bond donors (Lipinski definition) is 1. The lowest BCUT2D eigenvalue weighted by molar-refractivity contribution is 0.195. The summed E-state index contributed by atoms with van der Waals surface area (Å²) in [6, 6.07) is 8.03. The van der Waals surface area contributed by atoms with Crippen molar-refractivity contribution in [3.8, 4) is 0 Å². The second kappa shape index (κ2) is 8.11. The molecule has 128 valence electrons. The molecule has 0 unspecified atom stereocenters. The summed E-state index contributed by atoms with van der Waals surface area (Å²) in [5.74, 6) is 0. The summed E-state index contributed by atoms with van der Waals surface area (Å²) in [6.07, 6.45) is 1.81. The van der Waals surface area contributed by atoms with Crippen LogP contribution in [0.4, 0.5) is 10.8 Å². The highest BCUT2D eigenvalue weighted by molar-refractivity contribution is 7.73. The summed E-state index contributed by atoms with van der Waals surface area (Å²) in [7, 11) is 0. The minimum Gasteiger partial charge on any atom is -0.369 e. The van der Waals surface area contributed by atoms with Crippen molar-refractivity contribution in [3.05, 3.63) is 45.9 Å². The molecule has 1 saturated heterocycles. The van der Waals surface area contributed by atoms with Crippen molar-refractivity contribution in [2.75, 3.05) is 42.9 Å². The molecule has 0 bridgehead atoms. The highest BCUT2D eigenvalue weighted by atomic mass is 35.5. The van der Waals surface area contributed by atoms with Crippen molar-refractivity contribution < 1.29 is 0 Å². The summed E-state index contributed by atoms with van der Waals surface area (Å²) in [4.78, 5) is 4.73. The van der Waals surface area contributed by atoms with Crippen LogP contribution in [-0.4, -0.2) is 47.4 Å². The van der Waals surface area contributed by atoms with E-state index in [0.29, 0.717) is 6.54 Å². The first-order chi connectivity index (χ1) is 11.7. The number of halogens is 1. The van der Waals surface area contributed by atoms with Crippen molar-refractivity contribution >= 4 is 46.0 Å². The smallest absolute Gasteiger partial charge is 0.204 e. The van der Waals surface area contributed by atoms with Gasteiger partial charge in [0.05, 0.1) is 6.67 Å². The van der Waals surface area contributed by atoms with Gasteiger partial charge in [-0.05, 0) is 30.4 Å². The van der Waals surface area contributed by atoms with Crippen molar-refractivity contribution in [3.63, 3.8) is 0 Å². The molecule has 0 aliphatic carbocycles. The number of aromatic nitrogens is 2. The van der Waals surface area contributed by atoms with Crippen LogP contribution >= 0.6 is 35.2 Å². The molecule has 0 spiro atoms. The van der Waals surface area contributed by atoms with E-state index in [1.54, 1.807) is 0 Å². The van der Waals surface area contributed by atoms with Crippen LogP contribution in [0.15, 0.2) is 36.9 Å². The fourth-order valence-electron chi connectivity index (χ4n) is 2.64. The molecule has 0 amide bonds. The third-order valence-corrected chi connectivity index (χ3v) is 5.38. The number of rotatable bonds is 6. The zero-order chi connectivity index (χ0) is 16.9. The van der Waals surface area contributed by atoms with Gasteiger partial charge in [-0.15, -0.1) is 11.7 Å². The first-order valence-electron chi connectivity index (χ1n) is 7.81. The zero-order valence-electron chi connectivity index (χ0n) is 13.3. The fraction of sp³-hybridized carbons (Fsp3) is 0.375. The SMILES string of the molecule is C=CCNc1nn(CN2CCN(c3cccc(Cl)c3)CC2)c(=S)s1. The fourth-order valence-corrected chi connectivity index (χ4v) is 3.82. The van der Waals surface area contributed by atoms with Crippen molar-refractivity contribution in [1.82, 2.24) is 14.7 Å². The minimum absolute atomic E-state index is 0.695. The Balaban J connectivity index is 1.56. The number of nitrogens with one attached hydrogen (secondary N) is 1. The first-order valence-corrected chi connectivity index (χ1v) is 9.41. The van der Waals surface area contributed by atoms with E-state index >= 15 is 0 Å². The van der Waals surface area contributed by atoms with E-state index < -0.39 is 0 Å². The van der Waals surface area contributed by atoms with Crippen LogP contribution in [0.2, 0.25) is 5.02 Å². The second-order valence-corrected chi connectivity index (χ2v) is 7.63. The van der Waals surface area contributed by atoms with E-state index in [2.05, 4.69) is 32.9 Å². The van der Waals surface area contributed by atoms with Gasteiger partial charge < -0.3 is 10.2 Å². The van der Waals surface area contributed by atoms with Gasteiger partial charge in [0.25, 0.3) is 0 Å². The van der Waals surface area contributed by atoms with Gasteiger partial charge in [-0.3, -0.25) is 4.90 Å². The van der Waals surface area contributed by atoms with Crippen LogP contribution in [0.5, 0.6) is 0 Å². The largest absolute Gasteiger partial charge is 0.369 e. The third-order valence-electron chi connectivity index (χ3n) is 3.88. The Bertz CT molecular complexity index is 749. The Morgan fingerprint density at radius 3 is 2.83 bits per heavy atom. The molecule has 2 heterocycles. The van der Waals surface area contributed by atoms with Crippen LogP contribution in [0.25, 0.3) is 0 Å². The van der Waals surface area contributed by atoms with Gasteiger partial charge in [-0.25, -0.2) is 4.68 Å². The monoisotopic (exact) mass is 381 g/mol. The molecule has 1 fully saturated rings. The average Bonchev–Trinajstić information content (AvgIpc) is 2.93. The number of anilines is 2. The van der Waals surface area contributed by atoms with Gasteiger partial charge in [0.15, 0.2) is 3.95 Å². The Labute approximate surface area is 156 Å². The molecule has 1 aliphatic heterocycles. The normalized spacial score (nSPS) is 15.5. The molecule has 1 aromatic heterocycles. The molecule has 8 heteroatoms. The van der Waals surface area contributed by atoms with Crippen molar-refractivity contribution in [2.24, 2.45) is 0 Å². The lowest BCUT2D eigenvalue weighted by atomic mass is 10.2. The summed E-state index contributed by atoms with van der Waals surface area (Å²) in [6.45, 7) is 9.01. The van der Waals surface area contributed by atoms with E-state index in [4.69, 9.17) is 23.8 Å². The average molecular weight is 382 g/mol. The molecule has 3 rings (SSSR count). The topological polar surface area (TPSA) is 36.3 Å². The Hall–Kier alpha value is -1.41. The van der Waals surface area contributed by atoms with Crippen LogP contribution in [0.1, 0.15) is 0 Å². The van der Waals surface area contributed by atoms with E-state index in [9.17, 15) is 0 Å². The molecule has 1 aromatic carbocycles. The Kier molecular flexibility index (Phi) is 5.89. The minimum atomic E-state index is 0.695. The van der Waals surface area contributed by atoms with E-state index in [0.717, 1.165) is 47.0 Å². The molecule has 1 N–H and O–H groups in total. The molecule has 2 aromatic rings. The number of hydrogen-bond acceptors (Lipinski definition) is 6. The van der Waals surface area contributed by atoms with Crippen LogP contribution in [0, 0.1) is 3.95 Å². The number of piperazine rings is 1. The molecule has 24 heavy (non-hydrogen) atoms. The maximum Gasteiger partial charge on any atom is 0.204 e. The highest BCUT2D eigenvalue weighted by Crippen LogP contribution is 2.21. The van der Waals surface area contributed by atoms with E-state index in [1.165, 1.54) is 17.0 Å². The lowest BCUT2D eigenvalue weighted by Crippen LogP contribution is -2.46. The van der Waals surface area contributed by atoms with Gasteiger partial charge in [0, 0.05) is 43.4 Å². The Morgan fingerprint density at radius 2 is 2.12 bits per heavy atom. The predicted molar refractivity (Wildman–Crippen MR) is 105 cm³/mol. The molecule has 5 nitrogen and oxygen atoms in total. The van der Waals surface area contributed by atoms with E-state index in [1.807, 2.05) is 29.0 Å². The summed E-state index contributed by atoms with van der Waals surface area (Å²) >= 11 is 13.0. The van der Waals surface area contributed by atoms with Gasteiger partial charge in [0.1, 0.15) is 0 Å². The standard InChI is InChI=1S/C16H20ClN5S2/c1-2-6-18-15-19-22(16(23)24-15)12-20-7-9-21(10-8-20)14-5-3-4-13(17)11-14/h2-5,11H,1,6-10,12H2,(H,18,19). The van der Waals surface area contributed by atoms with Crippen molar-refractivity contribution in [2.45, 2.75) is 6.67 Å². The van der Waals surface area contributed by atoms with Gasteiger partial charge in [-0.2, -0.15) is 0 Å². The molecule has 0 atom stereocenters. The molecule has 0 radical (unpaired) electrons. The van der Waals surface area contributed by atoms with Crippen LogP contribution in [-0.2, 0) is 6.67 Å².